The summed E-state index contributed by atoms with van der Waals surface area (Å²) in [6.45, 7) is 2.21. The van der Waals surface area contributed by atoms with Crippen LogP contribution in [0, 0.1) is 0 Å². The van der Waals surface area contributed by atoms with Gasteiger partial charge in [0.25, 0.3) is 5.91 Å². The molecular weight excluding hydrogens is 463 g/mol. The fraction of sp³-hybridized carbons (Fsp3) is 0.143. The Morgan fingerprint density at radius 2 is 1.88 bits per heavy atom. The number of hydrogen-bond donors (Lipinski definition) is 0. The van der Waals surface area contributed by atoms with E-state index in [-0.39, 0.29) is 16.6 Å². The Labute approximate surface area is 189 Å². The molecule has 2 aromatic heterocycles. The summed E-state index contributed by atoms with van der Waals surface area (Å²) in [5.74, 6) is -0.286. The van der Waals surface area contributed by atoms with Crippen LogP contribution in [0.4, 0.5) is 18.3 Å². The summed E-state index contributed by atoms with van der Waals surface area (Å²) in [7, 11) is 0. The molecule has 1 amide bonds. The van der Waals surface area contributed by atoms with E-state index in [1.54, 1.807) is 48.5 Å². The van der Waals surface area contributed by atoms with E-state index in [1.165, 1.54) is 21.7 Å². The largest absolute Gasteiger partial charge is 0.435 e. The molecule has 32 heavy (non-hydrogen) atoms. The molecule has 0 N–H and O–H groups in total. The van der Waals surface area contributed by atoms with Crippen LogP contribution in [0.5, 0.6) is 0 Å². The molecule has 164 valence electrons. The second-order valence-electron chi connectivity index (χ2n) is 6.62. The molecule has 2 aromatic carbocycles. The first-order chi connectivity index (χ1) is 15.3. The van der Waals surface area contributed by atoms with E-state index in [4.69, 9.17) is 11.6 Å². The standard InChI is InChI=1S/C21H15ClF3N5OS/c1-2-29(20-27-26-12-32-20)19(31)14-9-7-13(8-10-14)17-11-18(21(23,24)25)28-30(17)16-6-4-3-5-15(16)22/h3-12H,2H2,1H3. The van der Waals surface area contributed by atoms with E-state index < -0.39 is 11.9 Å². The molecule has 4 aromatic rings. The van der Waals surface area contributed by atoms with Gasteiger partial charge in [-0.15, -0.1) is 10.2 Å². The van der Waals surface area contributed by atoms with Crippen LogP contribution in [0.1, 0.15) is 23.0 Å². The molecular formula is C21H15ClF3N5OS. The molecule has 0 aliphatic carbocycles. The van der Waals surface area contributed by atoms with Gasteiger partial charge < -0.3 is 0 Å². The summed E-state index contributed by atoms with van der Waals surface area (Å²) in [5.41, 5.74) is 1.81. The second kappa shape index (κ2) is 8.71. The Morgan fingerprint density at radius 1 is 1.16 bits per heavy atom. The van der Waals surface area contributed by atoms with Crippen molar-refractivity contribution in [1.82, 2.24) is 20.0 Å². The Hall–Kier alpha value is -3.24. The second-order valence-corrected chi connectivity index (χ2v) is 7.84. The molecule has 11 heteroatoms. The maximum atomic E-state index is 13.4. The summed E-state index contributed by atoms with van der Waals surface area (Å²) in [6, 6.07) is 13.7. The molecule has 0 saturated heterocycles. The Morgan fingerprint density at radius 3 is 2.47 bits per heavy atom. The molecule has 0 aliphatic rings. The van der Waals surface area contributed by atoms with Crippen molar-refractivity contribution in [3.05, 3.63) is 76.4 Å². The van der Waals surface area contributed by atoms with Crippen molar-refractivity contribution in [2.45, 2.75) is 13.1 Å². The number of alkyl halides is 3. The maximum Gasteiger partial charge on any atom is 0.435 e. The molecule has 0 atom stereocenters. The van der Waals surface area contributed by atoms with Gasteiger partial charge in [-0.25, -0.2) is 4.68 Å². The zero-order valence-corrected chi connectivity index (χ0v) is 18.1. The highest BCUT2D eigenvalue weighted by atomic mass is 35.5. The van der Waals surface area contributed by atoms with Crippen LogP contribution in [0.3, 0.4) is 0 Å². The molecule has 0 radical (unpaired) electrons. The number of rotatable bonds is 5. The highest BCUT2D eigenvalue weighted by Crippen LogP contribution is 2.34. The summed E-state index contributed by atoms with van der Waals surface area (Å²) in [5, 5.41) is 12.1. The third-order valence-electron chi connectivity index (χ3n) is 4.65. The molecule has 6 nitrogen and oxygen atoms in total. The van der Waals surface area contributed by atoms with E-state index in [2.05, 4.69) is 15.3 Å². The third kappa shape index (κ3) is 4.23. The number of anilines is 1. The molecule has 0 unspecified atom stereocenters. The van der Waals surface area contributed by atoms with Crippen molar-refractivity contribution in [3.63, 3.8) is 0 Å². The average Bonchev–Trinajstić information content (AvgIpc) is 3.45. The first kappa shape index (κ1) is 22.0. The van der Waals surface area contributed by atoms with Gasteiger partial charge >= 0.3 is 6.18 Å². The van der Waals surface area contributed by atoms with Crippen molar-refractivity contribution >= 4 is 34.0 Å². The number of amides is 1. The van der Waals surface area contributed by atoms with Gasteiger partial charge in [0, 0.05) is 17.7 Å². The lowest BCUT2D eigenvalue weighted by Gasteiger charge is -2.17. The van der Waals surface area contributed by atoms with Crippen molar-refractivity contribution in [2.75, 3.05) is 11.4 Å². The number of carbonyl (C=O) groups is 1. The Balaban J connectivity index is 1.73. The first-order valence-corrected chi connectivity index (χ1v) is 10.7. The number of aromatic nitrogens is 4. The normalized spacial score (nSPS) is 11.5. The van der Waals surface area contributed by atoms with Gasteiger partial charge in [0.2, 0.25) is 5.13 Å². The van der Waals surface area contributed by atoms with Crippen LogP contribution in [0.15, 0.2) is 60.1 Å². The van der Waals surface area contributed by atoms with E-state index in [9.17, 15) is 18.0 Å². The lowest BCUT2D eigenvalue weighted by Crippen LogP contribution is -2.30. The molecule has 0 aliphatic heterocycles. The van der Waals surface area contributed by atoms with E-state index >= 15 is 0 Å². The lowest BCUT2D eigenvalue weighted by atomic mass is 10.1. The van der Waals surface area contributed by atoms with Gasteiger partial charge in [0.05, 0.1) is 16.4 Å². The van der Waals surface area contributed by atoms with E-state index in [1.807, 2.05) is 6.92 Å². The Kier molecular flexibility index (Phi) is 5.98. The SMILES string of the molecule is CCN(C(=O)c1ccc(-c2cc(C(F)(F)F)nn2-c2ccccc2Cl)cc1)c1nncs1. The molecule has 0 bridgehead atoms. The predicted octanol–water partition coefficient (Wildman–Crippen LogP) is 5.73. The molecule has 2 heterocycles. The zero-order valence-electron chi connectivity index (χ0n) is 16.5. The van der Waals surface area contributed by atoms with Crippen LogP contribution in [0.25, 0.3) is 16.9 Å². The number of hydrogen-bond acceptors (Lipinski definition) is 5. The van der Waals surface area contributed by atoms with Gasteiger partial charge in [0.1, 0.15) is 5.51 Å². The van der Waals surface area contributed by atoms with Crippen molar-refractivity contribution in [2.24, 2.45) is 0 Å². The maximum absolute atomic E-state index is 13.4. The van der Waals surface area contributed by atoms with Crippen LogP contribution in [-0.4, -0.2) is 32.4 Å². The van der Waals surface area contributed by atoms with Crippen molar-refractivity contribution < 1.29 is 18.0 Å². The van der Waals surface area contributed by atoms with E-state index in [0.717, 1.165) is 10.7 Å². The van der Waals surface area contributed by atoms with Gasteiger partial charge in [-0.05, 0) is 37.3 Å². The number of benzene rings is 2. The highest BCUT2D eigenvalue weighted by molar-refractivity contribution is 7.13. The summed E-state index contributed by atoms with van der Waals surface area (Å²) in [6.07, 6.45) is -4.62. The van der Waals surface area contributed by atoms with Crippen molar-refractivity contribution in [3.8, 4) is 16.9 Å². The fourth-order valence-corrected chi connectivity index (χ4v) is 3.96. The number of nitrogens with zero attached hydrogens (tertiary/aromatic N) is 5. The molecule has 0 saturated carbocycles. The van der Waals surface area contributed by atoms with Gasteiger partial charge in [-0.1, -0.05) is 47.2 Å². The van der Waals surface area contributed by atoms with Crippen molar-refractivity contribution in [1.29, 1.82) is 0 Å². The summed E-state index contributed by atoms with van der Waals surface area (Å²) < 4.78 is 41.3. The van der Waals surface area contributed by atoms with Gasteiger partial charge in [0.15, 0.2) is 5.69 Å². The van der Waals surface area contributed by atoms with Crippen LogP contribution in [-0.2, 0) is 6.18 Å². The summed E-state index contributed by atoms with van der Waals surface area (Å²) >= 11 is 7.44. The van der Waals surface area contributed by atoms with E-state index in [0.29, 0.717) is 28.5 Å². The number of carbonyl (C=O) groups excluding carboxylic acids is 1. The Bertz CT molecular complexity index is 1240. The third-order valence-corrected chi connectivity index (χ3v) is 5.68. The first-order valence-electron chi connectivity index (χ1n) is 9.40. The topological polar surface area (TPSA) is 63.9 Å². The molecule has 0 fully saturated rings. The van der Waals surface area contributed by atoms with Gasteiger partial charge in [-0.2, -0.15) is 18.3 Å². The number of para-hydroxylation sites is 1. The van der Waals surface area contributed by atoms with Gasteiger partial charge in [-0.3, -0.25) is 9.69 Å². The highest BCUT2D eigenvalue weighted by Gasteiger charge is 2.35. The van der Waals surface area contributed by atoms with Crippen LogP contribution in [0.2, 0.25) is 5.02 Å². The minimum atomic E-state index is -4.62. The monoisotopic (exact) mass is 477 g/mol. The zero-order chi connectivity index (χ0) is 22.9. The van der Waals surface area contributed by atoms with Crippen LogP contribution < -0.4 is 4.90 Å². The lowest BCUT2D eigenvalue weighted by molar-refractivity contribution is -0.141. The van der Waals surface area contributed by atoms with Crippen LogP contribution >= 0.6 is 22.9 Å². The average molecular weight is 478 g/mol. The molecule has 4 rings (SSSR count). The fourth-order valence-electron chi connectivity index (χ4n) is 3.12. The minimum Gasteiger partial charge on any atom is -0.283 e. The quantitative estimate of drug-likeness (QED) is 0.368. The molecule has 0 spiro atoms. The predicted molar refractivity (Wildman–Crippen MR) is 116 cm³/mol. The summed E-state index contributed by atoms with van der Waals surface area (Å²) in [4.78, 5) is 14.3. The smallest absolute Gasteiger partial charge is 0.283 e. The minimum absolute atomic E-state index is 0.195. The number of halogens is 4.